The molecule has 1 unspecified atom stereocenters. The van der Waals surface area contributed by atoms with E-state index in [0.717, 1.165) is 44.2 Å². The van der Waals surface area contributed by atoms with Gasteiger partial charge in [-0.25, -0.2) is 9.78 Å². The molecule has 1 aliphatic rings. The van der Waals surface area contributed by atoms with Crippen molar-refractivity contribution in [3.8, 4) is 0 Å². The van der Waals surface area contributed by atoms with Crippen molar-refractivity contribution in [2.45, 2.75) is 71.4 Å². The standard InChI is InChI=1S/C26H35N3O3/c1-5-6-17-29(25(31)32-26(2,3)4)23-16-15-21(19-27-23)22-14-10-11-18-28(22)24(30)20-12-8-7-9-13-20/h7-9,12-13,15-16,19,22H,5-6,10-11,14,17-18H2,1-4H3. The summed E-state index contributed by atoms with van der Waals surface area (Å²) in [4.78, 5) is 34.1. The minimum Gasteiger partial charge on any atom is -0.443 e. The summed E-state index contributed by atoms with van der Waals surface area (Å²) in [7, 11) is 0. The van der Waals surface area contributed by atoms with Crippen LogP contribution in [0.15, 0.2) is 48.7 Å². The Morgan fingerprint density at radius 1 is 1.12 bits per heavy atom. The summed E-state index contributed by atoms with van der Waals surface area (Å²) in [6, 6.07) is 13.3. The number of rotatable bonds is 6. The second kappa shape index (κ2) is 10.6. The van der Waals surface area contributed by atoms with Crippen LogP contribution >= 0.6 is 0 Å². The summed E-state index contributed by atoms with van der Waals surface area (Å²) in [5.74, 6) is 0.630. The summed E-state index contributed by atoms with van der Waals surface area (Å²) in [5, 5.41) is 0. The zero-order valence-electron chi connectivity index (χ0n) is 19.7. The molecule has 0 radical (unpaired) electrons. The molecule has 172 valence electrons. The van der Waals surface area contributed by atoms with E-state index in [1.54, 1.807) is 11.1 Å². The van der Waals surface area contributed by atoms with E-state index in [1.165, 1.54) is 0 Å². The van der Waals surface area contributed by atoms with Crippen LogP contribution in [0.4, 0.5) is 10.6 Å². The van der Waals surface area contributed by atoms with Crippen molar-refractivity contribution in [3.05, 3.63) is 59.8 Å². The lowest BCUT2D eigenvalue weighted by atomic mass is 9.95. The Hall–Kier alpha value is -2.89. The van der Waals surface area contributed by atoms with Gasteiger partial charge in [-0.2, -0.15) is 0 Å². The highest BCUT2D eigenvalue weighted by molar-refractivity contribution is 5.94. The first-order chi connectivity index (χ1) is 15.3. The normalized spacial score (nSPS) is 16.5. The van der Waals surface area contributed by atoms with E-state index in [0.29, 0.717) is 17.9 Å². The number of aromatic nitrogens is 1. The maximum Gasteiger partial charge on any atom is 0.416 e. The van der Waals surface area contributed by atoms with Crippen LogP contribution in [0.5, 0.6) is 0 Å². The van der Waals surface area contributed by atoms with Crippen LogP contribution in [-0.2, 0) is 4.74 Å². The molecule has 0 aliphatic carbocycles. The Morgan fingerprint density at radius 2 is 1.88 bits per heavy atom. The number of ether oxygens (including phenoxy) is 1. The highest BCUT2D eigenvalue weighted by Gasteiger charge is 2.29. The molecule has 1 fully saturated rings. The van der Waals surface area contributed by atoms with Crippen LogP contribution in [-0.4, -0.2) is 40.6 Å². The summed E-state index contributed by atoms with van der Waals surface area (Å²) >= 11 is 0. The van der Waals surface area contributed by atoms with E-state index in [1.807, 2.05) is 68.1 Å². The van der Waals surface area contributed by atoms with Gasteiger partial charge in [0.15, 0.2) is 0 Å². The van der Waals surface area contributed by atoms with Crippen molar-refractivity contribution < 1.29 is 14.3 Å². The fourth-order valence-electron chi connectivity index (χ4n) is 3.95. The van der Waals surface area contributed by atoms with Gasteiger partial charge in [0.25, 0.3) is 5.91 Å². The Morgan fingerprint density at radius 3 is 2.50 bits per heavy atom. The first-order valence-electron chi connectivity index (χ1n) is 11.6. The van der Waals surface area contributed by atoms with Crippen LogP contribution in [0.2, 0.25) is 0 Å². The molecule has 1 saturated heterocycles. The van der Waals surface area contributed by atoms with Gasteiger partial charge in [-0.1, -0.05) is 37.6 Å². The number of hydrogen-bond donors (Lipinski definition) is 0. The molecule has 3 rings (SSSR count). The summed E-state index contributed by atoms with van der Waals surface area (Å²) < 4.78 is 5.59. The molecule has 2 aromatic rings. The summed E-state index contributed by atoms with van der Waals surface area (Å²) in [6.07, 6.45) is 6.24. The molecule has 1 aliphatic heterocycles. The number of hydrogen-bond acceptors (Lipinski definition) is 4. The van der Waals surface area contributed by atoms with Crippen molar-refractivity contribution in [3.63, 3.8) is 0 Å². The van der Waals surface area contributed by atoms with Crippen molar-refractivity contribution in [2.24, 2.45) is 0 Å². The van der Waals surface area contributed by atoms with Gasteiger partial charge in [0.1, 0.15) is 11.4 Å². The topological polar surface area (TPSA) is 62.7 Å². The zero-order chi connectivity index (χ0) is 23.1. The number of nitrogens with zero attached hydrogens (tertiary/aromatic N) is 3. The van der Waals surface area contributed by atoms with E-state index in [2.05, 4.69) is 11.9 Å². The second-order valence-corrected chi connectivity index (χ2v) is 9.31. The molecular weight excluding hydrogens is 402 g/mol. The Balaban J connectivity index is 1.81. The third kappa shape index (κ3) is 6.09. The number of likely N-dealkylation sites (tertiary alicyclic amines) is 1. The quantitative estimate of drug-likeness (QED) is 0.557. The highest BCUT2D eigenvalue weighted by atomic mass is 16.6. The number of benzene rings is 1. The van der Waals surface area contributed by atoms with Crippen molar-refractivity contribution in [1.29, 1.82) is 0 Å². The minimum absolute atomic E-state index is 0.0105. The number of carbonyl (C=O) groups excluding carboxylic acids is 2. The molecular formula is C26H35N3O3. The van der Waals surface area contributed by atoms with Gasteiger partial charge in [-0.3, -0.25) is 9.69 Å². The number of piperidine rings is 1. The number of pyridine rings is 1. The lowest BCUT2D eigenvalue weighted by molar-refractivity contribution is 0.0577. The number of anilines is 1. The number of unbranched alkanes of at least 4 members (excludes halogenated alkanes) is 1. The first kappa shape index (κ1) is 23.8. The van der Waals surface area contributed by atoms with Gasteiger partial charge in [-0.05, 0) is 70.2 Å². The molecule has 0 spiro atoms. The lowest BCUT2D eigenvalue weighted by Crippen LogP contribution is -2.39. The summed E-state index contributed by atoms with van der Waals surface area (Å²) in [5.41, 5.74) is 1.14. The Labute approximate surface area is 191 Å². The van der Waals surface area contributed by atoms with Crippen LogP contribution in [0.25, 0.3) is 0 Å². The van der Waals surface area contributed by atoms with E-state index >= 15 is 0 Å². The molecule has 2 amide bonds. The molecule has 32 heavy (non-hydrogen) atoms. The molecule has 1 aromatic carbocycles. The van der Waals surface area contributed by atoms with Crippen molar-refractivity contribution >= 4 is 17.8 Å². The molecule has 0 N–H and O–H groups in total. The predicted molar refractivity (Wildman–Crippen MR) is 127 cm³/mol. The third-order valence-corrected chi connectivity index (χ3v) is 5.57. The monoisotopic (exact) mass is 437 g/mol. The van der Waals surface area contributed by atoms with Crippen LogP contribution in [0.1, 0.15) is 81.8 Å². The van der Waals surface area contributed by atoms with Crippen LogP contribution in [0, 0.1) is 0 Å². The van der Waals surface area contributed by atoms with E-state index in [4.69, 9.17) is 4.74 Å². The Kier molecular flexibility index (Phi) is 7.89. The maximum atomic E-state index is 13.1. The highest BCUT2D eigenvalue weighted by Crippen LogP contribution is 2.32. The summed E-state index contributed by atoms with van der Waals surface area (Å²) in [6.45, 7) is 8.97. The second-order valence-electron chi connectivity index (χ2n) is 9.31. The van der Waals surface area contributed by atoms with Gasteiger partial charge in [0.05, 0.1) is 6.04 Å². The smallest absolute Gasteiger partial charge is 0.416 e. The van der Waals surface area contributed by atoms with E-state index < -0.39 is 5.60 Å². The van der Waals surface area contributed by atoms with Gasteiger partial charge < -0.3 is 9.64 Å². The van der Waals surface area contributed by atoms with Crippen molar-refractivity contribution in [2.75, 3.05) is 18.0 Å². The van der Waals surface area contributed by atoms with E-state index in [9.17, 15) is 9.59 Å². The largest absolute Gasteiger partial charge is 0.443 e. The maximum absolute atomic E-state index is 13.1. The van der Waals surface area contributed by atoms with Crippen molar-refractivity contribution in [1.82, 2.24) is 9.88 Å². The zero-order valence-corrected chi connectivity index (χ0v) is 19.7. The lowest BCUT2D eigenvalue weighted by Gasteiger charge is -2.36. The number of carbonyl (C=O) groups is 2. The third-order valence-electron chi connectivity index (χ3n) is 5.57. The average Bonchev–Trinajstić information content (AvgIpc) is 2.79. The molecule has 0 bridgehead atoms. The molecule has 2 heterocycles. The van der Waals surface area contributed by atoms with Crippen LogP contribution in [0.3, 0.4) is 0 Å². The fourth-order valence-corrected chi connectivity index (χ4v) is 3.95. The average molecular weight is 438 g/mol. The van der Waals surface area contributed by atoms with Gasteiger partial charge in [0, 0.05) is 24.8 Å². The Bertz CT molecular complexity index is 891. The van der Waals surface area contributed by atoms with E-state index in [-0.39, 0.29) is 18.0 Å². The first-order valence-corrected chi connectivity index (χ1v) is 11.6. The minimum atomic E-state index is -0.568. The predicted octanol–water partition coefficient (Wildman–Crippen LogP) is 5.99. The molecule has 1 atom stereocenters. The molecule has 6 nitrogen and oxygen atoms in total. The van der Waals surface area contributed by atoms with Crippen LogP contribution < -0.4 is 4.90 Å². The van der Waals surface area contributed by atoms with Gasteiger partial charge in [0.2, 0.25) is 0 Å². The molecule has 6 heteroatoms. The van der Waals surface area contributed by atoms with Gasteiger partial charge in [-0.15, -0.1) is 0 Å². The van der Waals surface area contributed by atoms with Gasteiger partial charge >= 0.3 is 6.09 Å². The molecule has 0 saturated carbocycles. The molecule has 1 aromatic heterocycles. The fraction of sp³-hybridized carbons (Fsp3) is 0.500. The number of amides is 2. The SMILES string of the molecule is CCCCN(C(=O)OC(C)(C)C)c1ccc(C2CCCCN2C(=O)c2ccccc2)cn1.